The Labute approximate surface area is 125 Å². The molecule has 0 radical (unpaired) electrons. The molecule has 0 saturated heterocycles. The molecule has 0 saturated carbocycles. The van der Waals surface area contributed by atoms with Crippen LogP contribution in [0.15, 0.2) is 28.8 Å². The van der Waals surface area contributed by atoms with Gasteiger partial charge in [0.15, 0.2) is 5.82 Å². The summed E-state index contributed by atoms with van der Waals surface area (Å²) in [6, 6.07) is 7.02. The van der Waals surface area contributed by atoms with Crippen molar-refractivity contribution >= 4 is 0 Å². The van der Waals surface area contributed by atoms with Crippen molar-refractivity contribution in [2.75, 3.05) is 6.54 Å². The number of benzene rings is 1. The second kappa shape index (κ2) is 7.22. The van der Waals surface area contributed by atoms with E-state index in [1.54, 1.807) is 12.1 Å². The Morgan fingerprint density at radius 2 is 1.95 bits per heavy atom. The van der Waals surface area contributed by atoms with E-state index in [0.29, 0.717) is 36.5 Å². The first kappa shape index (κ1) is 15.5. The maximum atomic E-state index is 9.26. The number of rotatable bonds is 7. The fourth-order valence-corrected chi connectivity index (χ4v) is 2.42. The lowest BCUT2D eigenvalue weighted by Crippen LogP contribution is -2.19. The van der Waals surface area contributed by atoms with Crippen molar-refractivity contribution in [3.8, 4) is 5.75 Å². The minimum absolute atomic E-state index is 0.257. The zero-order valence-corrected chi connectivity index (χ0v) is 12.6. The third kappa shape index (κ3) is 4.86. The van der Waals surface area contributed by atoms with Gasteiger partial charge in [0.25, 0.3) is 0 Å². The van der Waals surface area contributed by atoms with Crippen molar-refractivity contribution in [1.82, 2.24) is 10.1 Å². The molecule has 3 N–H and O–H groups in total. The van der Waals surface area contributed by atoms with E-state index in [4.69, 9.17) is 10.3 Å². The smallest absolute Gasteiger partial charge is 0.226 e. The molecule has 2 aromatic rings. The third-order valence-corrected chi connectivity index (χ3v) is 3.41. The topological polar surface area (TPSA) is 85.2 Å². The number of nitrogens with two attached hydrogens (primary N) is 1. The van der Waals surface area contributed by atoms with Crippen LogP contribution >= 0.6 is 0 Å². The molecule has 2 rings (SSSR count). The molecule has 5 nitrogen and oxygen atoms in total. The first-order valence-electron chi connectivity index (χ1n) is 7.36. The molecule has 0 fully saturated rings. The molecule has 0 bridgehead atoms. The van der Waals surface area contributed by atoms with Crippen LogP contribution in [0.3, 0.4) is 0 Å². The first-order valence-corrected chi connectivity index (χ1v) is 7.36. The average molecular weight is 289 g/mol. The summed E-state index contributed by atoms with van der Waals surface area (Å²) in [6.07, 6.45) is 2.39. The predicted octanol–water partition coefficient (Wildman–Crippen LogP) is 2.53. The van der Waals surface area contributed by atoms with E-state index in [9.17, 15) is 5.11 Å². The van der Waals surface area contributed by atoms with Gasteiger partial charge in [0.2, 0.25) is 5.89 Å². The minimum Gasteiger partial charge on any atom is -0.508 e. The minimum atomic E-state index is 0.257. The van der Waals surface area contributed by atoms with Gasteiger partial charge in [-0.2, -0.15) is 4.98 Å². The highest BCUT2D eigenvalue weighted by atomic mass is 16.5. The van der Waals surface area contributed by atoms with Crippen LogP contribution in [0.5, 0.6) is 5.75 Å². The Morgan fingerprint density at radius 1 is 1.24 bits per heavy atom. The highest BCUT2D eigenvalue weighted by Gasteiger charge is 2.15. The average Bonchev–Trinajstić information content (AvgIpc) is 2.87. The van der Waals surface area contributed by atoms with Gasteiger partial charge in [-0.15, -0.1) is 0 Å². The molecule has 0 aliphatic carbocycles. The van der Waals surface area contributed by atoms with Crippen LogP contribution in [0.4, 0.5) is 0 Å². The van der Waals surface area contributed by atoms with Crippen LogP contribution < -0.4 is 5.73 Å². The van der Waals surface area contributed by atoms with Crippen molar-refractivity contribution in [3.05, 3.63) is 41.5 Å². The molecule has 0 amide bonds. The monoisotopic (exact) mass is 289 g/mol. The maximum Gasteiger partial charge on any atom is 0.226 e. The van der Waals surface area contributed by atoms with Gasteiger partial charge in [-0.25, -0.2) is 0 Å². The molecule has 114 valence electrons. The van der Waals surface area contributed by atoms with Crippen LogP contribution in [-0.4, -0.2) is 21.8 Å². The van der Waals surface area contributed by atoms with Crippen LogP contribution in [0.1, 0.15) is 37.5 Å². The zero-order chi connectivity index (χ0) is 15.2. The summed E-state index contributed by atoms with van der Waals surface area (Å²) >= 11 is 0. The fraction of sp³-hybridized carbons (Fsp3) is 0.500. The Kier molecular flexibility index (Phi) is 5.33. The summed E-state index contributed by atoms with van der Waals surface area (Å²) in [7, 11) is 0. The van der Waals surface area contributed by atoms with E-state index in [2.05, 4.69) is 24.0 Å². The summed E-state index contributed by atoms with van der Waals surface area (Å²) in [6.45, 7) is 5.01. The summed E-state index contributed by atoms with van der Waals surface area (Å²) in [5.41, 5.74) is 6.84. The molecule has 1 atom stereocenters. The Bertz CT molecular complexity index is 549. The number of aromatic nitrogens is 2. The number of hydrogen-bond acceptors (Lipinski definition) is 5. The second-order valence-corrected chi connectivity index (χ2v) is 5.88. The number of aromatic hydroxyl groups is 1. The van der Waals surface area contributed by atoms with Gasteiger partial charge in [0.1, 0.15) is 5.75 Å². The van der Waals surface area contributed by atoms with Crippen molar-refractivity contribution in [2.24, 2.45) is 17.6 Å². The quantitative estimate of drug-likeness (QED) is 0.818. The van der Waals surface area contributed by atoms with E-state index < -0.39 is 0 Å². The fourth-order valence-electron chi connectivity index (χ4n) is 2.42. The molecular formula is C16H23N3O2. The molecular weight excluding hydrogens is 266 g/mol. The molecule has 0 unspecified atom stereocenters. The van der Waals surface area contributed by atoms with Gasteiger partial charge in [0, 0.05) is 12.8 Å². The summed E-state index contributed by atoms with van der Waals surface area (Å²) in [5.74, 6) is 2.56. The van der Waals surface area contributed by atoms with Crippen LogP contribution in [-0.2, 0) is 12.8 Å². The molecule has 1 heterocycles. The van der Waals surface area contributed by atoms with E-state index >= 15 is 0 Å². The van der Waals surface area contributed by atoms with Gasteiger partial charge in [0.05, 0.1) is 0 Å². The SMILES string of the molecule is CC(C)C[C@H](CN)Cc1nc(Cc2ccc(O)cc2)no1. The van der Waals surface area contributed by atoms with Crippen LogP contribution in [0, 0.1) is 11.8 Å². The third-order valence-electron chi connectivity index (χ3n) is 3.41. The standard InChI is InChI=1S/C16H23N3O2/c1-11(2)7-13(10-17)9-16-18-15(19-21-16)8-12-3-5-14(20)6-4-12/h3-6,11,13,20H,7-10,17H2,1-2H3/t13-/m0/s1. The number of nitrogens with zero attached hydrogens (tertiary/aromatic N) is 2. The van der Waals surface area contributed by atoms with Crippen molar-refractivity contribution in [1.29, 1.82) is 0 Å². The van der Waals surface area contributed by atoms with E-state index in [0.717, 1.165) is 18.4 Å². The predicted molar refractivity (Wildman–Crippen MR) is 80.9 cm³/mol. The normalized spacial score (nSPS) is 12.8. The van der Waals surface area contributed by atoms with Crippen LogP contribution in [0.2, 0.25) is 0 Å². The first-order chi connectivity index (χ1) is 10.1. The molecule has 0 spiro atoms. The van der Waals surface area contributed by atoms with Gasteiger partial charge in [-0.3, -0.25) is 0 Å². The largest absolute Gasteiger partial charge is 0.508 e. The molecule has 0 aliphatic rings. The number of hydrogen-bond donors (Lipinski definition) is 2. The molecule has 0 aliphatic heterocycles. The van der Waals surface area contributed by atoms with Crippen molar-refractivity contribution in [2.45, 2.75) is 33.1 Å². The zero-order valence-electron chi connectivity index (χ0n) is 12.6. The highest BCUT2D eigenvalue weighted by molar-refractivity contribution is 5.27. The Morgan fingerprint density at radius 3 is 2.57 bits per heavy atom. The summed E-state index contributed by atoms with van der Waals surface area (Å²) in [5, 5.41) is 13.3. The second-order valence-electron chi connectivity index (χ2n) is 5.88. The Balaban J connectivity index is 1.95. The molecule has 1 aromatic heterocycles. The molecule has 1 aromatic carbocycles. The highest BCUT2D eigenvalue weighted by Crippen LogP contribution is 2.17. The van der Waals surface area contributed by atoms with Gasteiger partial charge >= 0.3 is 0 Å². The summed E-state index contributed by atoms with van der Waals surface area (Å²) in [4.78, 5) is 4.43. The van der Waals surface area contributed by atoms with Crippen molar-refractivity contribution < 1.29 is 9.63 Å². The van der Waals surface area contributed by atoms with Crippen molar-refractivity contribution in [3.63, 3.8) is 0 Å². The van der Waals surface area contributed by atoms with Gasteiger partial charge < -0.3 is 15.4 Å². The lowest BCUT2D eigenvalue weighted by molar-refractivity contribution is 0.329. The van der Waals surface area contributed by atoms with E-state index in [-0.39, 0.29) is 5.75 Å². The van der Waals surface area contributed by atoms with E-state index in [1.165, 1.54) is 0 Å². The number of phenolic OH excluding ortho intramolecular Hbond substituents is 1. The molecule has 5 heteroatoms. The van der Waals surface area contributed by atoms with Crippen LogP contribution in [0.25, 0.3) is 0 Å². The maximum absolute atomic E-state index is 9.26. The summed E-state index contributed by atoms with van der Waals surface area (Å²) < 4.78 is 5.31. The lowest BCUT2D eigenvalue weighted by atomic mass is 9.94. The lowest BCUT2D eigenvalue weighted by Gasteiger charge is -2.14. The van der Waals surface area contributed by atoms with Gasteiger partial charge in [-0.1, -0.05) is 31.1 Å². The number of phenols is 1. The molecule has 21 heavy (non-hydrogen) atoms. The van der Waals surface area contributed by atoms with Gasteiger partial charge in [-0.05, 0) is 42.5 Å². The Hall–Kier alpha value is -1.88. The van der Waals surface area contributed by atoms with E-state index in [1.807, 2.05) is 12.1 Å².